The first-order chi connectivity index (χ1) is 26.0. The van der Waals surface area contributed by atoms with Crippen LogP contribution in [0.4, 0.5) is 0 Å². The van der Waals surface area contributed by atoms with Crippen molar-refractivity contribution >= 4 is 17.7 Å². The highest BCUT2D eigenvalue weighted by Gasteiger charge is 2.49. The van der Waals surface area contributed by atoms with Crippen LogP contribution in [-0.4, -0.2) is 193 Å². The van der Waals surface area contributed by atoms with E-state index in [9.17, 15) is 45.0 Å². The molecule has 0 aromatic heterocycles. The van der Waals surface area contributed by atoms with Gasteiger partial charge in [0.15, 0.2) is 0 Å². The predicted molar refractivity (Wildman–Crippen MR) is 192 cm³/mol. The number of carbonyl (C=O) groups is 3. The summed E-state index contributed by atoms with van der Waals surface area (Å²) in [5.74, 6) is -3.61. The minimum Gasteiger partial charge on any atom is -0.394 e. The van der Waals surface area contributed by atoms with Crippen LogP contribution in [-0.2, 0) is 47.5 Å². The summed E-state index contributed by atoms with van der Waals surface area (Å²) in [6, 6.07) is -2.81. The largest absolute Gasteiger partial charge is 0.394 e. The summed E-state index contributed by atoms with van der Waals surface area (Å²) in [5, 5.41) is 72.8. The SMILES string of the molecule is CC(=O)NC1C(COCC2C(CO)OC(COC(C)C)C(NC(C)=O)C2O)OC(CO)C(COCC2OC(CO)C(COC(C)C)C(O)C2NC(C)=O)C1O. The second-order valence-electron chi connectivity index (χ2n) is 15.2. The summed E-state index contributed by atoms with van der Waals surface area (Å²) in [5.41, 5.74) is 0. The lowest BCUT2D eigenvalue weighted by molar-refractivity contribution is -0.217. The lowest BCUT2D eigenvalue weighted by atomic mass is 9.84. The highest BCUT2D eigenvalue weighted by atomic mass is 16.6. The molecule has 19 heteroatoms. The van der Waals surface area contributed by atoms with Crippen molar-refractivity contribution in [2.75, 3.05) is 59.5 Å². The first-order valence-electron chi connectivity index (χ1n) is 19.1. The summed E-state index contributed by atoms with van der Waals surface area (Å²) < 4.78 is 41.6. The normalized spacial score (nSPS) is 36.8. The zero-order valence-electron chi connectivity index (χ0n) is 32.9. The van der Waals surface area contributed by atoms with Crippen LogP contribution in [0.1, 0.15) is 48.5 Å². The molecule has 55 heavy (non-hydrogen) atoms. The van der Waals surface area contributed by atoms with Crippen molar-refractivity contribution in [2.24, 2.45) is 17.8 Å². The summed E-state index contributed by atoms with van der Waals surface area (Å²) in [4.78, 5) is 36.4. The van der Waals surface area contributed by atoms with E-state index in [1.807, 2.05) is 27.7 Å². The summed E-state index contributed by atoms with van der Waals surface area (Å²) >= 11 is 0. The molecule has 15 atom stereocenters. The topological polar surface area (TPSA) is 273 Å². The van der Waals surface area contributed by atoms with Crippen molar-refractivity contribution in [1.29, 1.82) is 0 Å². The van der Waals surface area contributed by atoms with Crippen LogP contribution < -0.4 is 16.0 Å². The van der Waals surface area contributed by atoms with Gasteiger partial charge in [0.05, 0.1) is 126 Å². The van der Waals surface area contributed by atoms with E-state index < -0.39 is 128 Å². The Labute approximate surface area is 322 Å². The molecule has 3 rings (SSSR count). The van der Waals surface area contributed by atoms with Crippen LogP contribution in [0.3, 0.4) is 0 Å². The molecule has 9 N–H and O–H groups in total. The van der Waals surface area contributed by atoms with Crippen molar-refractivity contribution in [3.05, 3.63) is 0 Å². The zero-order valence-corrected chi connectivity index (χ0v) is 32.9. The Hall–Kier alpha value is -2.11. The second-order valence-corrected chi connectivity index (χ2v) is 15.2. The summed E-state index contributed by atoms with van der Waals surface area (Å²) in [7, 11) is 0. The van der Waals surface area contributed by atoms with Gasteiger partial charge < -0.3 is 79.7 Å². The number of hydrogen-bond acceptors (Lipinski definition) is 16. The first-order valence-corrected chi connectivity index (χ1v) is 19.1. The van der Waals surface area contributed by atoms with Crippen LogP contribution in [0.2, 0.25) is 0 Å². The standard InChI is InChI=1S/C36H65N3O16/c1-17(2)51-13-24-27(10-42)54-29(32(36(24)48)38-20(6)44)15-49-11-22-25(8-40)53-28(31(34(22)46)37-19(5)43)14-50-12-23-26(9-41)55-30(16-52-18(3)4)33(35(23)47)39-21(7)45/h17-18,22-36,40-42,46-48H,8-16H2,1-7H3,(H,37,43)(H,38,44)(H,39,45). The molecule has 3 aliphatic heterocycles. The fourth-order valence-electron chi connectivity index (χ4n) is 7.40. The maximum atomic E-state index is 12.3. The molecule has 3 heterocycles. The quantitative estimate of drug-likeness (QED) is 0.0581. The van der Waals surface area contributed by atoms with E-state index in [1.54, 1.807) is 0 Å². The van der Waals surface area contributed by atoms with Crippen molar-refractivity contribution in [3.8, 4) is 0 Å². The highest BCUT2D eigenvalue weighted by Crippen LogP contribution is 2.31. The average Bonchev–Trinajstić information content (AvgIpc) is 3.11. The molecular formula is C36H65N3O16. The Kier molecular flexibility index (Phi) is 19.5. The van der Waals surface area contributed by atoms with E-state index >= 15 is 0 Å². The smallest absolute Gasteiger partial charge is 0.217 e. The molecule has 3 aliphatic rings. The van der Waals surface area contributed by atoms with Gasteiger partial charge in [-0.2, -0.15) is 0 Å². The van der Waals surface area contributed by atoms with Gasteiger partial charge in [0.25, 0.3) is 0 Å². The minimum absolute atomic E-state index is 0.0619. The van der Waals surface area contributed by atoms with Crippen LogP contribution in [0.15, 0.2) is 0 Å². The Balaban J connectivity index is 1.69. The Morgan fingerprint density at radius 3 is 1.07 bits per heavy atom. The van der Waals surface area contributed by atoms with Gasteiger partial charge >= 0.3 is 0 Å². The molecule has 0 aromatic rings. The van der Waals surface area contributed by atoms with E-state index in [0.29, 0.717) is 0 Å². The molecule has 320 valence electrons. The first kappa shape index (κ1) is 47.3. The van der Waals surface area contributed by atoms with E-state index in [2.05, 4.69) is 16.0 Å². The number of rotatable bonds is 20. The average molecular weight is 796 g/mol. The van der Waals surface area contributed by atoms with Crippen LogP contribution >= 0.6 is 0 Å². The van der Waals surface area contributed by atoms with Gasteiger partial charge in [0.2, 0.25) is 17.7 Å². The third-order valence-corrected chi connectivity index (χ3v) is 10.2. The number of amides is 3. The summed E-state index contributed by atoms with van der Waals surface area (Å²) in [6.45, 7) is 9.16. The van der Waals surface area contributed by atoms with Crippen molar-refractivity contribution in [3.63, 3.8) is 0 Å². The number of carbonyl (C=O) groups excluding carboxylic acids is 3. The maximum absolute atomic E-state index is 12.3. The Bertz CT molecular complexity index is 1180. The van der Waals surface area contributed by atoms with E-state index in [-0.39, 0.29) is 51.8 Å². The van der Waals surface area contributed by atoms with Gasteiger partial charge in [-0.1, -0.05) is 0 Å². The third kappa shape index (κ3) is 13.5. The predicted octanol–water partition coefficient (Wildman–Crippen LogP) is -3.41. The molecule has 0 aliphatic carbocycles. The van der Waals surface area contributed by atoms with Crippen LogP contribution in [0.25, 0.3) is 0 Å². The highest BCUT2D eigenvalue weighted by molar-refractivity contribution is 5.74. The Morgan fingerprint density at radius 1 is 0.491 bits per heavy atom. The molecule has 0 aromatic carbocycles. The lowest BCUT2D eigenvalue weighted by Crippen LogP contribution is -2.65. The molecule has 0 saturated carbocycles. The number of aliphatic hydroxyl groups excluding tert-OH is 6. The molecule has 3 amide bonds. The Morgan fingerprint density at radius 2 is 0.782 bits per heavy atom. The fourth-order valence-corrected chi connectivity index (χ4v) is 7.40. The number of ether oxygens (including phenoxy) is 7. The van der Waals surface area contributed by atoms with E-state index in [0.717, 1.165) is 0 Å². The van der Waals surface area contributed by atoms with Crippen LogP contribution in [0, 0.1) is 17.8 Å². The van der Waals surface area contributed by atoms with Crippen molar-refractivity contribution in [2.45, 2.75) is 134 Å². The van der Waals surface area contributed by atoms with Gasteiger partial charge in [0.1, 0.15) is 18.3 Å². The van der Waals surface area contributed by atoms with Gasteiger partial charge in [-0.05, 0) is 27.7 Å². The maximum Gasteiger partial charge on any atom is 0.217 e. The second kappa shape index (κ2) is 22.7. The zero-order chi connectivity index (χ0) is 41.0. The monoisotopic (exact) mass is 795 g/mol. The molecule has 15 unspecified atom stereocenters. The molecule has 19 nitrogen and oxygen atoms in total. The van der Waals surface area contributed by atoms with Gasteiger partial charge in [-0.15, -0.1) is 0 Å². The lowest BCUT2D eigenvalue weighted by Gasteiger charge is -2.46. The van der Waals surface area contributed by atoms with E-state index in [1.165, 1.54) is 20.8 Å². The number of hydrogen-bond donors (Lipinski definition) is 9. The molecule has 3 saturated heterocycles. The minimum atomic E-state index is -1.31. The molecular weight excluding hydrogens is 730 g/mol. The molecule has 3 fully saturated rings. The van der Waals surface area contributed by atoms with Gasteiger partial charge in [0, 0.05) is 38.5 Å². The van der Waals surface area contributed by atoms with Crippen molar-refractivity contribution in [1.82, 2.24) is 16.0 Å². The number of aliphatic hydroxyl groups is 6. The molecule has 0 spiro atoms. The molecule has 0 radical (unpaired) electrons. The third-order valence-electron chi connectivity index (χ3n) is 10.2. The van der Waals surface area contributed by atoms with Gasteiger partial charge in [-0.3, -0.25) is 14.4 Å². The van der Waals surface area contributed by atoms with Crippen molar-refractivity contribution < 1.29 is 78.2 Å². The molecule has 0 bridgehead atoms. The summed E-state index contributed by atoms with van der Waals surface area (Å²) in [6.07, 6.45) is -9.25. The number of nitrogens with one attached hydrogen (secondary N) is 3. The fraction of sp³-hybridized carbons (Fsp3) is 0.917. The van der Waals surface area contributed by atoms with Gasteiger partial charge in [-0.25, -0.2) is 0 Å². The van der Waals surface area contributed by atoms with E-state index in [4.69, 9.17) is 33.2 Å². The van der Waals surface area contributed by atoms with Crippen LogP contribution in [0.5, 0.6) is 0 Å².